The quantitative estimate of drug-likeness (QED) is 0.0363. The molecule has 72 heavy (non-hydrogen) atoms. The molecule has 17 heteroatoms. The van der Waals surface area contributed by atoms with E-state index in [-0.39, 0.29) is 89.2 Å². The smallest absolute Gasteiger partial charge is 0.243 e. The van der Waals surface area contributed by atoms with Gasteiger partial charge < -0.3 is 40.1 Å². The molecule has 16 nitrogen and oxygen atoms in total. The third kappa shape index (κ3) is 15.5. The molecular weight excluding hydrogens is 937 g/mol. The summed E-state index contributed by atoms with van der Waals surface area (Å²) in [7, 11) is 6.53. The molecule has 6 amide bonds. The Hall–Kier alpha value is -3.61. The summed E-state index contributed by atoms with van der Waals surface area (Å²) in [4.78, 5) is 88.8. The van der Waals surface area contributed by atoms with Crippen LogP contribution in [0.2, 0.25) is 0 Å². The van der Waals surface area contributed by atoms with Gasteiger partial charge in [0.2, 0.25) is 35.4 Å². The van der Waals surface area contributed by atoms with Crippen molar-refractivity contribution < 1.29 is 48.5 Å². The number of ether oxygens (including phenoxy) is 2. The number of imide groups is 1. The number of nitrogens with one attached hydrogen (secondary N) is 2. The number of unbranched alkanes of at least 4 members (excludes halogenated alkanes) is 2. The lowest BCUT2D eigenvalue weighted by molar-refractivity contribution is -0.147. The third-order valence-electron chi connectivity index (χ3n) is 16.1. The van der Waals surface area contributed by atoms with Crippen molar-refractivity contribution in [3.05, 3.63) is 35.9 Å². The third-order valence-corrected chi connectivity index (χ3v) is 17.8. The summed E-state index contributed by atoms with van der Waals surface area (Å²) in [5.74, 6) is -2.73. The fourth-order valence-electron chi connectivity index (χ4n) is 11.3. The van der Waals surface area contributed by atoms with Crippen LogP contribution in [0.3, 0.4) is 0 Å². The zero-order valence-electron chi connectivity index (χ0n) is 46.5. The Bertz CT molecular complexity index is 1880. The fraction of sp³-hybridized carbons (Fsp3) is 0.782. The van der Waals surface area contributed by atoms with Crippen LogP contribution in [0.25, 0.3) is 0 Å². The number of rotatable bonds is 31. The summed E-state index contributed by atoms with van der Waals surface area (Å²) in [6.07, 6.45) is 4.57. The molecule has 410 valence electrons. The van der Waals surface area contributed by atoms with Crippen LogP contribution in [0.5, 0.6) is 0 Å². The van der Waals surface area contributed by atoms with Gasteiger partial charge in [0.15, 0.2) is 0 Å². The topological polar surface area (TPSA) is 198 Å². The molecule has 1 aromatic rings. The van der Waals surface area contributed by atoms with Gasteiger partial charge in [0, 0.05) is 58.0 Å². The van der Waals surface area contributed by atoms with E-state index in [1.807, 2.05) is 71.2 Å². The summed E-state index contributed by atoms with van der Waals surface area (Å²) in [6, 6.07) is 6.18. The van der Waals surface area contributed by atoms with E-state index in [1.165, 1.54) is 9.80 Å². The van der Waals surface area contributed by atoms with Gasteiger partial charge in [-0.1, -0.05) is 105 Å². The van der Waals surface area contributed by atoms with Gasteiger partial charge in [0.1, 0.15) is 12.3 Å². The van der Waals surface area contributed by atoms with Crippen molar-refractivity contribution in [2.75, 3.05) is 47.7 Å². The van der Waals surface area contributed by atoms with E-state index < -0.39 is 54.6 Å². The first-order chi connectivity index (χ1) is 34.0. The van der Waals surface area contributed by atoms with Gasteiger partial charge in [-0.15, -0.1) is 0 Å². The highest BCUT2D eigenvalue weighted by atomic mass is 32.2. The predicted molar refractivity (Wildman–Crippen MR) is 284 cm³/mol. The Morgan fingerprint density at radius 2 is 1.51 bits per heavy atom. The Kier molecular flexibility index (Phi) is 25.7. The van der Waals surface area contributed by atoms with Crippen molar-refractivity contribution in [1.82, 2.24) is 30.2 Å². The fourth-order valence-corrected chi connectivity index (χ4v) is 12.4. The lowest BCUT2D eigenvalue weighted by Crippen LogP contribution is -2.62. The number of aliphatic hydroxyl groups excluding tert-OH is 2. The maximum absolute atomic E-state index is 14.4. The number of hydrogen-bond acceptors (Lipinski definition) is 12. The van der Waals surface area contributed by atoms with Crippen LogP contribution in [-0.2, 0) is 38.2 Å². The normalized spacial score (nSPS) is 20.8. The number of hydrogen-bond donors (Lipinski definition) is 4. The molecule has 2 fully saturated rings. The lowest BCUT2D eigenvalue weighted by Gasteiger charge is -2.44. The van der Waals surface area contributed by atoms with E-state index >= 15 is 0 Å². The first-order valence-electron chi connectivity index (χ1n) is 26.8. The second-order valence-electron chi connectivity index (χ2n) is 21.3. The summed E-state index contributed by atoms with van der Waals surface area (Å²) >= 11 is 1.67. The molecule has 0 bridgehead atoms. The predicted octanol–water partition coefficient (Wildman–Crippen LogP) is 6.42. The Balaban J connectivity index is 1.67. The minimum atomic E-state index is -1.19. The van der Waals surface area contributed by atoms with E-state index in [4.69, 9.17) is 9.47 Å². The van der Waals surface area contributed by atoms with Crippen LogP contribution < -0.4 is 10.6 Å². The lowest BCUT2D eigenvalue weighted by atomic mass is 9.85. The zero-order chi connectivity index (χ0) is 54.2. The second kappa shape index (κ2) is 29.5. The van der Waals surface area contributed by atoms with Crippen LogP contribution >= 0.6 is 11.8 Å². The van der Waals surface area contributed by atoms with Crippen LogP contribution in [0.1, 0.15) is 152 Å². The number of amides is 6. The van der Waals surface area contributed by atoms with Gasteiger partial charge in [0.25, 0.3) is 0 Å². The minimum absolute atomic E-state index is 0.00310. The molecule has 0 radical (unpaired) electrons. The summed E-state index contributed by atoms with van der Waals surface area (Å²) in [5.41, 5.74) is 0.695. The highest BCUT2D eigenvalue weighted by molar-refractivity contribution is 8.00. The molecule has 0 saturated carbocycles. The second-order valence-corrected chi connectivity index (χ2v) is 22.5. The number of carbonyl (C=O) groups excluding carboxylic acids is 6. The molecule has 0 aromatic heterocycles. The summed E-state index contributed by atoms with van der Waals surface area (Å²) in [5, 5.41) is 29.2. The number of benzene rings is 1. The molecule has 1 aromatic carbocycles. The van der Waals surface area contributed by atoms with E-state index in [0.29, 0.717) is 50.8 Å². The maximum atomic E-state index is 14.4. The number of likely N-dealkylation sites (tertiary alicyclic amines) is 2. The molecule has 2 aliphatic rings. The van der Waals surface area contributed by atoms with E-state index in [9.17, 15) is 39.0 Å². The average molecular weight is 1030 g/mol. The monoisotopic (exact) mass is 1030 g/mol. The number of methoxy groups -OCH3 is 2. The van der Waals surface area contributed by atoms with Gasteiger partial charge in [-0.3, -0.25) is 38.6 Å². The first-order valence-corrected chi connectivity index (χ1v) is 28.0. The summed E-state index contributed by atoms with van der Waals surface area (Å²) in [6.45, 7) is 20.2. The molecule has 0 aliphatic carbocycles. The van der Waals surface area contributed by atoms with Crippen molar-refractivity contribution >= 4 is 47.2 Å². The van der Waals surface area contributed by atoms with Crippen LogP contribution in [-0.4, -0.2) is 166 Å². The molecule has 2 heterocycles. The van der Waals surface area contributed by atoms with Gasteiger partial charge in [-0.25, -0.2) is 0 Å². The molecule has 3 rings (SSSR count). The minimum Gasteiger partial charge on any atom is -0.386 e. The SMILES string of the molecule is CC[C@H](C)[C@@H](C(CC(=O)N1CCCC1C(OC)[C@@H](C)C(=O)NC(C)[C@@H](O)c1ccccc1)OC)N(C)C(O)[C@@H](NC(=O)[C@H](C(C)C)N(C)C(=O)CCCCCN1C(=O)CC(C(CC)(CC)SC)C1=O)C(C)C. The van der Waals surface area contributed by atoms with Crippen LogP contribution in [0, 0.1) is 29.6 Å². The number of nitrogens with zero attached hydrogens (tertiary/aromatic N) is 4. The van der Waals surface area contributed by atoms with Gasteiger partial charge >= 0.3 is 0 Å². The molecular formula is C55H94N6O10S. The molecule has 2 saturated heterocycles. The first kappa shape index (κ1) is 62.7. The van der Waals surface area contributed by atoms with Crippen molar-refractivity contribution in [2.45, 2.75) is 199 Å². The van der Waals surface area contributed by atoms with Crippen molar-refractivity contribution in [3.8, 4) is 0 Å². The van der Waals surface area contributed by atoms with Crippen molar-refractivity contribution in [1.29, 1.82) is 0 Å². The molecule has 4 N–H and O–H groups in total. The van der Waals surface area contributed by atoms with Crippen molar-refractivity contribution in [2.24, 2.45) is 29.6 Å². The zero-order valence-corrected chi connectivity index (χ0v) is 47.3. The van der Waals surface area contributed by atoms with Crippen LogP contribution in [0.4, 0.5) is 0 Å². The van der Waals surface area contributed by atoms with Crippen LogP contribution in [0.15, 0.2) is 30.3 Å². The Morgan fingerprint density at radius 1 is 0.875 bits per heavy atom. The van der Waals surface area contributed by atoms with Gasteiger partial charge in [-0.05, 0) is 82.1 Å². The Labute approximate surface area is 436 Å². The number of aliphatic hydroxyl groups is 2. The molecule has 12 atom stereocenters. The molecule has 6 unspecified atom stereocenters. The molecule has 2 aliphatic heterocycles. The van der Waals surface area contributed by atoms with Gasteiger partial charge in [0.05, 0.1) is 54.7 Å². The van der Waals surface area contributed by atoms with E-state index in [2.05, 4.69) is 31.4 Å². The highest BCUT2D eigenvalue weighted by Crippen LogP contribution is 2.43. The Morgan fingerprint density at radius 3 is 2.06 bits per heavy atom. The number of thioether (sulfide) groups is 1. The highest BCUT2D eigenvalue weighted by Gasteiger charge is 2.49. The standard InChI is InChI=1S/C55H94N6O10S/c1-16-36(8)48(42(70-13)33-45(64)60-31-25-28-41(60)50(71-14)37(9)51(66)56-38(10)49(65)39-26-21-19-22-27-39)59(12)54(69)46(34(4)5)57-52(67)47(35(6)7)58(11)43(62)29-23-20-24-30-61-44(63)32-40(53(61)68)55(17-2,18-3)72-15/h19,21-22,26-27,34-38,40-42,46-50,54,65,69H,16-18,20,23-25,28-33H2,1-15H3,(H,56,66)(H,57,67)/t36-,37+,38?,40?,41?,42?,46-,47-,48-,49+,50?,54?/m0/s1. The number of likely N-dealkylation sites (N-methyl/N-ethyl adjacent to an activating group) is 2. The average Bonchev–Trinajstić information content (AvgIpc) is 3.96. The molecule has 0 spiro atoms. The maximum Gasteiger partial charge on any atom is 0.243 e. The van der Waals surface area contributed by atoms with Gasteiger partial charge in [-0.2, -0.15) is 11.8 Å². The van der Waals surface area contributed by atoms with Crippen molar-refractivity contribution in [3.63, 3.8) is 0 Å². The summed E-state index contributed by atoms with van der Waals surface area (Å²) < 4.78 is 11.8. The van der Waals surface area contributed by atoms with E-state index in [0.717, 1.165) is 19.3 Å². The number of carbonyl (C=O) groups is 6. The largest absolute Gasteiger partial charge is 0.386 e. The van der Waals surface area contributed by atoms with E-state index in [1.54, 1.807) is 63.7 Å².